The molecule has 1 aromatic heterocycles. The highest BCUT2D eigenvalue weighted by Gasteiger charge is 2.30. The van der Waals surface area contributed by atoms with E-state index in [4.69, 9.17) is 4.42 Å². The molecule has 1 aliphatic rings. The van der Waals surface area contributed by atoms with Gasteiger partial charge < -0.3 is 4.42 Å². The molecule has 0 aromatic carbocycles. The Bertz CT molecular complexity index is 407. The van der Waals surface area contributed by atoms with Gasteiger partial charge in [0.05, 0.1) is 5.56 Å². The number of hydrogen-bond acceptors (Lipinski definition) is 2. The first-order valence-electron chi connectivity index (χ1n) is 6.58. The van der Waals surface area contributed by atoms with Gasteiger partial charge in [-0.1, -0.05) is 13.8 Å². The molecule has 0 aliphatic heterocycles. The van der Waals surface area contributed by atoms with Crippen LogP contribution < -0.4 is 0 Å². The zero-order valence-electron chi connectivity index (χ0n) is 11.2. The zero-order chi connectivity index (χ0) is 12.6. The van der Waals surface area contributed by atoms with Gasteiger partial charge in [-0.25, -0.2) is 0 Å². The van der Waals surface area contributed by atoms with E-state index < -0.39 is 0 Å². The molecule has 94 valence electrons. The molecule has 17 heavy (non-hydrogen) atoms. The second kappa shape index (κ2) is 4.67. The van der Waals surface area contributed by atoms with E-state index in [1.807, 2.05) is 19.9 Å². The van der Waals surface area contributed by atoms with E-state index in [2.05, 4.69) is 13.8 Å². The van der Waals surface area contributed by atoms with E-state index in [1.54, 1.807) is 0 Å². The normalized spacial score (nSPS) is 29.3. The summed E-state index contributed by atoms with van der Waals surface area (Å²) in [5.41, 5.74) is 0.800. The Labute approximate surface area is 103 Å². The highest BCUT2D eigenvalue weighted by atomic mass is 16.3. The third kappa shape index (κ3) is 2.62. The van der Waals surface area contributed by atoms with Crippen LogP contribution in [-0.2, 0) is 0 Å². The maximum absolute atomic E-state index is 12.5. The van der Waals surface area contributed by atoms with Crippen molar-refractivity contribution >= 4 is 5.78 Å². The molecule has 0 spiro atoms. The fourth-order valence-corrected chi connectivity index (χ4v) is 3.26. The summed E-state index contributed by atoms with van der Waals surface area (Å²) in [6.07, 6.45) is 3.33. The SMILES string of the molecule is Cc1cc(C(=O)C2CC(C)CC(C)C2)c(C)o1. The third-order valence-electron chi connectivity index (χ3n) is 3.86. The van der Waals surface area contributed by atoms with E-state index in [9.17, 15) is 4.79 Å². The van der Waals surface area contributed by atoms with Gasteiger partial charge in [0.15, 0.2) is 5.78 Å². The zero-order valence-corrected chi connectivity index (χ0v) is 11.2. The van der Waals surface area contributed by atoms with Crippen LogP contribution in [0, 0.1) is 31.6 Å². The largest absolute Gasteiger partial charge is 0.466 e. The minimum atomic E-state index is 0.199. The second-order valence-electron chi connectivity index (χ2n) is 5.81. The van der Waals surface area contributed by atoms with Gasteiger partial charge in [0.1, 0.15) is 11.5 Å². The van der Waals surface area contributed by atoms with Gasteiger partial charge in [-0.2, -0.15) is 0 Å². The molecule has 2 rings (SSSR count). The number of rotatable bonds is 2. The van der Waals surface area contributed by atoms with Crippen molar-refractivity contribution in [2.24, 2.45) is 17.8 Å². The van der Waals surface area contributed by atoms with Crippen molar-refractivity contribution in [3.05, 3.63) is 23.2 Å². The van der Waals surface area contributed by atoms with Crippen LogP contribution >= 0.6 is 0 Å². The number of ketones is 1. The molecule has 2 nitrogen and oxygen atoms in total. The summed E-state index contributed by atoms with van der Waals surface area (Å²) in [5, 5.41) is 0. The maximum Gasteiger partial charge on any atom is 0.169 e. The van der Waals surface area contributed by atoms with Gasteiger partial charge in [0.25, 0.3) is 0 Å². The molecule has 0 saturated heterocycles. The van der Waals surface area contributed by atoms with Crippen LogP contribution in [0.25, 0.3) is 0 Å². The second-order valence-corrected chi connectivity index (χ2v) is 5.81. The Morgan fingerprint density at radius 3 is 2.24 bits per heavy atom. The summed E-state index contributed by atoms with van der Waals surface area (Å²) in [4.78, 5) is 12.5. The van der Waals surface area contributed by atoms with Gasteiger partial charge in [0.2, 0.25) is 0 Å². The first-order chi connectivity index (χ1) is 7.97. The molecular formula is C15H22O2. The average Bonchev–Trinajstić information content (AvgIpc) is 2.55. The molecule has 0 bridgehead atoms. The molecule has 1 saturated carbocycles. The Hall–Kier alpha value is -1.05. The maximum atomic E-state index is 12.5. The third-order valence-corrected chi connectivity index (χ3v) is 3.86. The van der Waals surface area contributed by atoms with Gasteiger partial charge in [-0.05, 0) is 51.0 Å². The molecular weight excluding hydrogens is 212 g/mol. The number of hydrogen-bond donors (Lipinski definition) is 0. The van der Waals surface area contributed by atoms with Crippen LogP contribution in [-0.4, -0.2) is 5.78 Å². The first kappa shape index (κ1) is 12.4. The van der Waals surface area contributed by atoms with Crippen molar-refractivity contribution in [3.8, 4) is 0 Å². The van der Waals surface area contributed by atoms with Crippen LogP contribution in [0.15, 0.2) is 10.5 Å². The Balaban J connectivity index is 2.17. The van der Waals surface area contributed by atoms with Gasteiger partial charge in [-0.15, -0.1) is 0 Å². The molecule has 1 aliphatic carbocycles. The molecule has 2 atom stereocenters. The van der Waals surface area contributed by atoms with Crippen LogP contribution in [0.5, 0.6) is 0 Å². The Morgan fingerprint density at radius 1 is 1.18 bits per heavy atom. The summed E-state index contributed by atoms with van der Waals surface area (Å²) in [5.74, 6) is 3.44. The highest BCUT2D eigenvalue weighted by Crippen LogP contribution is 2.35. The Morgan fingerprint density at radius 2 is 1.76 bits per heavy atom. The lowest BCUT2D eigenvalue weighted by Crippen LogP contribution is -2.26. The lowest BCUT2D eigenvalue weighted by Gasteiger charge is -2.30. The number of carbonyl (C=O) groups is 1. The van der Waals surface area contributed by atoms with E-state index in [1.165, 1.54) is 6.42 Å². The number of aryl methyl sites for hydroxylation is 2. The number of Topliss-reactive ketones (excluding diaryl/α,β-unsaturated/α-hetero) is 1. The summed E-state index contributed by atoms with van der Waals surface area (Å²) >= 11 is 0. The lowest BCUT2D eigenvalue weighted by molar-refractivity contribution is 0.0834. The molecule has 1 heterocycles. The minimum Gasteiger partial charge on any atom is -0.466 e. The molecule has 1 aromatic rings. The molecule has 0 N–H and O–H groups in total. The quantitative estimate of drug-likeness (QED) is 0.719. The van der Waals surface area contributed by atoms with Gasteiger partial charge in [0, 0.05) is 5.92 Å². The highest BCUT2D eigenvalue weighted by molar-refractivity contribution is 5.98. The van der Waals surface area contributed by atoms with Gasteiger partial charge >= 0.3 is 0 Å². The average molecular weight is 234 g/mol. The molecule has 1 fully saturated rings. The van der Waals surface area contributed by atoms with E-state index in [0.717, 1.165) is 29.9 Å². The van der Waals surface area contributed by atoms with Crippen molar-refractivity contribution in [1.82, 2.24) is 0 Å². The summed E-state index contributed by atoms with van der Waals surface area (Å²) in [7, 11) is 0. The topological polar surface area (TPSA) is 30.2 Å². The molecule has 0 radical (unpaired) electrons. The van der Waals surface area contributed by atoms with Gasteiger partial charge in [-0.3, -0.25) is 4.79 Å². The first-order valence-corrected chi connectivity index (χ1v) is 6.58. The predicted octanol–water partition coefficient (Wildman–Crippen LogP) is 4.15. The van der Waals surface area contributed by atoms with Crippen molar-refractivity contribution in [2.45, 2.75) is 47.0 Å². The van der Waals surface area contributed by atoms with Crippen LogP contribution in [0.1, 0.15) is 55.0 Å². The summed E-state index contributed by atoms with van der Waals surface area (Å²) in [6.45, 7) is 8.29. The fraction of sp³-hybridized carbons (Fsp3) is 0.667. The summed E-state index contributed by atoms with van der Waals surface area (Å²) in [6, 6.07) is 1.89. The molecule has 2 heteroatoms. The van der Waals surface area contributed by atoms with Crippen molar-refractivity contribution in [1.29, 1.82) is 0 Å². The molecule has 0 amide bonds. The summed E-state index contributed by atoms with van der Waals surface area (Å²) < 4.78 is 5.46. The number of carbonyl (C=O) groups excluding carboxylic acids is 1. The van der Waals surface area contributed by atoms with E-state index in [-0.39, 0.29) is 11.7 Å². The minimum absolute atomic E-state index is 0.199. The number of furan rings is 1. The van der Waals surface area contributed by atoms with E-state index in [0.29, 0.717) is 11.8 Å². The fourth-order valence-electron chi connectivity index (χ4n) is 3.26. The standard InChI is InChI=1S/C15H22O2/c1-9-5-10(2)7-13(6-9)15(16)14-8-11(3)17-12(14)4/h8-10,13H,5-7H2,1-4H3. The predicted molar refractivity (Wildman–Crippen MR) is 68.2 cm³/mol. The van der Waals surface area contributed by atoms with Crippen LogP contribution in [0.2, 0.25) is 0 Å². The van der Waals surface area contributed by atoms with Crippen LogP contribution in [0.4, 0.5) is 0 Å². The van der Waals surface area contributed by atoms with E-state index >= 15 is 0 Å². The van der Waals surface area contributed by atoms with Crippen molar-refractivity contribution < 1.29 is 9.21 Å². The Kier molecular flexibility index (Phi) is 3.41. The lowest BCUT2D eigenvalue weighted by atomic mass is 9.74. The van der Waals surface area contributed by atoms with Crippen molar-refractivity contribution in [2.75, 3.05) is 0 Å². The van der Waals surface area contributed by atoms with Crippen LogP contribution in [0.3, 0.4) is 0 Å². The van der Waals surface area contributed by atoms with Crippen molar-refractivity contribution in [3.63, 3.8) is 0 Å². The monoisotopic (exact) mass is 234 g/mol. The smallest absolute Gasteiger partial charge is 0.169 e. The molecule has 2 unspecified atom stereocenters.